The summed E-state index contributed by atoms with van der Waals surface area (Å²) < 4.78 is 16.0. The molecular weight excluding hydrogens is 508 g/mol. The number of ether oxygens (including phenoxy) is 2. The Morgan fingerprint density at radius 2 is 1.87 bits per heavy atom. The molecule has 0 spiro atoms. The van der Waals surface area contributed by atoms with Gasteiger partial charge in [0.25, 0.3) is 0 Å². The normalized spacial score (nSPS) is 14.4. The first-order chi connectivity index (χ1) is 19.0. The number of pyridine rings is 1. The molecule has 0 radical (unpaired) electrons. The smallest absolute Gasteiger partial charge is 0.219 e. The van der Waals surface area contributed by atoms with Crippen molar-refractivity contribution in [2.24, 2.45) is 0 Å². The van der Waals surface area contributed by atoms with Gasteiger partial charge in [0.1, 0.15) is 12.5 Å². The Kier molecular flexibility index (Phi) is 8.75. The van der Waals surface area contributed by atoms with Crippen LogP contribution in [0.3, 0.4) is 0 Å². The maximum atomic E-state index is 11.6. The Morgan fingerprint density at radius 3 is 2.62 bits per heavy atom. The second-order valence-corrected chi connectivity index (χ2v) is 13.9. The van der Waals surface area contributed by atoms with Crippen molar-refractivity contribution in [3.8, 4) is 22.9 Å². The van der Waals surface area contributed by atoms with Crippen molar-refractivity contribution >= 4 is 25.6 Å². The molecule has 206 valence electrons. The van der Waals surface area contributed by atoms with Gasteiger partial charge in [-0.3, -0.25) is 9.69 Å². The number of rotatable bonds is 11. The highest BCUT2D eigenvalue weighted by Crippen LogP contribution is 2.27. The lowest BCUT2D eigenvalue weighted by molar-refractivity contribution is -0.130. The average molecular weight is 547 g/mol. The van der Waals surface area contributed by atoms with E-state index in [-0.39, 0.29) is 5.91 Å². The van der Waals surface area contributed by atoms with Crippen LogP contribution in [0, 0.1) is 0 Å². The molecule has 4 aromatic rings. The molecular formula is C29H38N6O3Si. The summed E-state index contributed by atoms with van der Waals surface area (Å²) in [7, 11) is -0.607. The molecule has 5 rings (SSSR count). The van der Waals surface area contributed by atoms with Crippen LogP contribution < -0.4 is 4.74 Å². The van der Waals surface area contributed by atoms with Gasteiger partial charge in [-0.1, -0.05) is 13.1 Å². The van der Waals surface area contributed by atoms with E-state index in [0.717, 1.165) is 68.3 Å². The maximum absolute atomic E-state index is 11.6. The predicted octanol–water partition coefficient (Wildman–Crippen LogP) is 4.32. The number of fused-ring (bicyclic) bond motifs is 1. The van der Waals surface area contributed by atoms with E-state index >= 15 is 0 Å². The Hall–Kier alpha value is -3.47. The lowest BCUT2D eigenvalue weighted by Gasteiger charge is -2.34. The molecule has 10 heteroatoms. The molecule has 39 heavy (non-hydrogen) atoms. The van der Waals surface area contributed by atoms with E-state index in [1.54, 1.807) is 13.1 Å². The van der Waals surface area contributed by atoms with Gasteiger partial charge in [0.2, 0.25) is 11.8 Å². The van der Waals surface area contributed by atoms with Crippen LogP contribution in [0.2, 0.25) is 19.1 Å². The molecule has 0 unspecified atom stereocenters. The van der Waals surface area contributed by atoms with Crippen molar-refractivity contribution in [1.82, 2.24) is 29.1 Å². The van der Waals surface area contributed by atoms with Gasteiger partial charge in [-0.25, -0.2) is 9.67 Å². The van der Waals surface area contributed by atoms with E-state index in [4.69, 9.17) is 9.47 Å². The zero-order valence-electron chi connectivity index (χ0n) is 23.1. The van der Waals surface area contributed by atoms with E-state index in [1.165, 1.54) is 11.6 Å². The van der Waals surface area contributed by atoms with Crippen molar-refractivity contribution in [2.45, 2.75) is 39.3 Å². The Morgan fingerprint density at radius 1 is 1.03 bits per heavy atom. The molecule has 1 aliphatic heterocycles. The van der Waals surface area contributed by atoms with Crippen molar-refractivity contribution in [1.29, 1.82) is 0 Å². The van der Waals surface area contributed by atoms with Gasteiger partial charge in [-0.2, -0.15) is 5.10 Å². The summed E-state index contributed by atoms with van der Waals surface area (Å²) >= 11 is 0. The van der Waals surface area contributed by atoms with Crippen LogP contribution in [0.15, 0.2) is 61.1 Å². The minimum absolute atomic E-state index is 0.168. The van der Waals surface area contributed by atoms with Crippen LogP contribution in [0.25, 0.3) is 22.2 Å². The summed E-state index contributed by atoms with van der Waals surface area (Å²) in [6.45, 7) is 12.9. The molecule has 0 N–H and O–H groups in total. The first-order valence-corrected chi connectivity index (χ1v) is 16.9. The van der Waals surface area contributed by atoms with Crippen molar-refractivity contribution in [2.75, 3.05) is 39.3 Å². The molecule has 1 aliphatic rings. The SMILES string of the molecule is CC(=O)N1CCN(CCn2ccc3cc(Oc4ccc(-c5ccnn5COCC[SiH](C)C)cn4)ccc32)CC1. The fourth-order valence-electron chi connectivity index (χ4n) is 4.84. The third-order valence-corrected chi connectivity index (χ3v) is 8.63. The second kappa shape index (κ2) is 12.6. The standard InChI is InChI=1S/C29H38N6O3Si/c1-23(36)33-15-12-32(13-16-33)14-17-34-11-9-24-20-26(5-6-27(24)34)38-29-7-4-25(21-30-29)28-8-10-31-35(28)22-37-18-19-39(2)3/h4-11,20-21,39H,12-19,22H2,1-3H3. The van der Waals surface area contributed by atoms with Gasteiger partial charge in [0.15, 0.2) is 0 Å². The quantitative estimate of drug-likeness (QED) is 0.206. The zero-order chi connectivity index (χ0) is 27.2. The van der Waals surface area contributed by atoms with Crippen LogP contribution in [-0.2, 0) is 22.8 Å². The molecule has 1 saturated heterocycles. The van der Waals surface area contributed by atoms with Crippen molar-refractivity contribution in [3.05, 3.63) is 61.1 Å². The summed E-state index contributed by atoms with van der Waals surface area (Å²) in [6, 6.07) is 15.3. The van der Waals surface area contributed by atoms with Crippen molar-refractivity contribution in [3.63, 3.8) is 0 Å². The molecule has 0 saturated carbocycles. The van der Waals surface area contributed by atoms with Gasteiger partial charge in [-0.05, 0) is 42.4 Å². The van der Waals surface area contributed by atoms with Crippen LogP contribution in [0.1, 0.15) is 6.92 Å². The zero-order valence-corrected chi connectivity index (χ0v) is 24.3. The highest BCUT2D eigenvalue weighted by atomic mass is 28.3. The Labute approximate surface area is 231 Å². The highest BCUT2D eigenvalue weighted by molar-refractivity contribution is 6.55. The van der Waals surface area contributed by atoms with Crippen LogP contribution in [0.5, 0.6) is 11.6 Å². The number of carbonyl (C=O) groups excluding carboxylic acids is 1. The number of nitrogens with zero attached hydrogens (tertiary/aromatic N) is 6. The average Bonchev–Trinajstić information content (AvgIpc) is 3.57. The number of amides is 1. The summed E-state index contributed by atoms with van der Waals surface area (Å²) in [6.07, 6.45) is 5.73. The Bertz CT molecular complexity index is 1380. The molecule has 1 fully saturated rings. The van der Waals surface area contributed by atoms with Crippen LogP contribution in [-0.4, -0.2) is 83.2 Å². The van der Waals surface area contributed by atoms with Gasteiger partial charge in [0, 0.05) is 103 Å². The van der Waals surface area contributed by atoms with E-state index in [9.17, 15) is 4.79 Å². The number of hydrogen-bond acceptors (Lipinski definition) is 6. The van der Waals surface area contributed by atoms with E-state index < -0.39 is 8.80 Å². The summed E-state index contributed by atoms with van der Waals surface area (Å²) in [5.41, 5.74) is 3.12. The topological polar surface area (TPSA) is 77.7 Å². The highest BCUT2D eigenvalue weighted by Gasteiger charge is 2.18. The molecule has 9 nitrogen and oxygen atoms in total. The Balaban J connectivity index is 1.16. The fourth-order valence-corrected chi connectivity index (χ4v) is 5.47. The maximum Gasteiger partial charge on any atom is 0.219 e. The summed E-state index contributed by atoms with van der Waals surface area (Å²) in [5, 5.41) is 5.54. The van der Waals surface area contributed by atoms with Crippen LogP contribution >= 0.6 is 0 Å². The molecule has 1 amide bonds. The number of piperazine rings is 1. The van der Waals surface area contributed by atoms with Gasteiger partial charge < -0.3 is 18.9 Å². The molecule has 3 aromatic heterocycles. The number of carbonyl (C=O) groups is 1. The third-order valence-electron chi connectivity index (χ3n) is 7.24. The van der Waals surface area contributed by atoms with E-state index in [1.807, 2.05) is 40.0 Å². The largest absolute Gasteiger partial charge is 0.439 e. The van der Waals surface area contributed by atoms with Gasteiger partial charge in [-0.15, -0.1) is 0 Å². The third kappa shape index (κ3) is 6.94. The van der Waals surface area contributed by atoms with E-state index in [2.05, 4.69) is 57.0 Å². The minimum atomic E-state index is -0.607. The molecule has 1 aromatic carbocycles. The monoisotopic (exact) mass is 546 g/mol. The lowest BCUT2D eigenvalue weighted by atomic mass is 10.2. The fraction of sp³-hybridized carbons (Fsp3) is 0.414. The first kappa shape index (κ1) is 27.1. The molecule has 4 heterocycles. The predicted molar refractivity (Wildman–Crippen MR) is 156 cm³/mol. The summed E-state index contributed by atoms with van der Waals surface area (Å²) in [5.74, 6) is 1.47. The molecule has 0 bridgehead atoms. The number of hydrogen-bond donors (Lipinski definition) is 0. The molecule has 0 atom stereocenters. The lowest BCUT2D eigenvalue weighted by Crippen LogP contribution is -2.48. The number of aromatic nitrogens is 4. The van der Waals surface area contributed by atoms with Gasteiger partial charge in [0.05, 0.1) is 5.69 Å². The molecule has 0 aliphatic carbocycles. The summed E-state index contributed by atoms with van der Waals surface area (Å²) in [4.78, 5) is 20.4. The van der Waals surface area contributed by atoms with Crippen molar-refractivity contribution < 1.29 is 14.3 Å². The second-order valence-electron chi connectivity index (χ2n) is 10.5. The number of benzene rings is 1. The van der Waals surface area contributed by atoms with E-state index in [0.29, 0.717) is 12.6 Å². The first-order valence-electron chi connectivity index (χ1n) is 13.8. The minimum Gasteiger partial charge on any atom is -0.439 e. The van der Waals surface area contributed by atoms with Gasteiger partial charge >= 0.3 is 0 Å². The van der Waals surface area contributed by atoms with Crippen LogP contribution in [0.4, 0.5) is 0 Å².